The van der Waals surface area contributed by atoms with Crippen molar-refractivity contribution < 1.29 is 23.4 Å². The van der Waals surface area contributed by atoms with Crippen LogP contribution in [0.1, 0.15) is 6.92 Å². The number of H-pyrrole nitrogens is 2. The second kappa shape index (κ2) is 4.95. The van der Waals surface area contributed by atoms with Crippen molar-refractivity contribution in [2.24, 2.45) is 0 Å². The Balaban J connectivity index is 3.04. The molecule has 0 spiro atoms. The van der Waals surface area contributed by atoms with Gasteiger partial charge < -0.3 is 15.2 Å². The second-order valence-electron chi connectivity index (χ2n) is 3.84. The maximum absolute atomic E-state index is 11.7. The van der Waals surface area contributed by atoms with Gasteiger partial charge in [0, 0.05) is 6.20 Å². The van der Waals surface area contributed by atoms with Crippen LogP contribution in [0.2, 0.25) is 0 Å². The van der Waals surface area contributed by atoms with Crippen LogP contribution in [0, 0.1) is 0 Å². The lowest BCUT2D eigenvalue weighted by atomic mass is 10.1. The molecule has 0 aliphatic rings. The van der Waals surface area contributed by atoms with Crippen molar-refractivity contribution in [1.82, 2.24) is 14.7 Å². The molecule has 0 saturated heterocycles. The van der Waals surface area contributed by atoms with Crippen LogP contribution in [0.15, 0.2) is 20.7 Å². The molecule has 1 atom stereocenters. The summed E-state index contributed by atoms with van der Waals surface area (Å²) in [6.07, 6.45) is 0.666. The molecule has 5 N–H and O–H groups in total. The van der Waals surface area contributed by atoms with Crippen molar-refractivity contribution in [1.29, 1.82) is 0 Å². The molecule has 0 fully saturated rings. The number of aromatic amines is 2. The van der Waals surface area contributed by atoms with E-state index in [-0.39, 0.29) is 0 Å². The van der Waals surface area contributed by atoms with Gasteiger partial charge in [-0.1, -0.05) is 0 Å². The molecular formula is C8H11N3O7S. The third-order valence-corrected chi connectivity index (χ3v) is 3.55. The molecule has 1 unspecified atom stereocenters. The topological polar surface area (TPSA) is 169 Å². The fourth-order valence-electron chi connectivity index (χ4n) is 0.986. The highest BCUT2D eigenvalue weighted by Crippen LogP contribution is 2.04. The Morgan fingerprint density at radius 2 is 2.05 bits per heavy atom. The van der Waals surface area contributed by atoms with Crippen molar-refractivity contribution in [3.8, 4) is 0 Å². The van der Waals surface area contributed by atoms with Crippen LogP contribution in [0.3, 0.4) is 0 Å². The molecule has 19 heavy (non-hydrogen) atoms. The van der Waals surface area contributed by atoms with Crippen molar-refractivity contribution >= 4 is 16.0 Å². The molecule has 106 valence electrons. The summed E-state index contributed by atoms with van der Waals surface area (Å²) in [4.78, 5) is 35.4. The molecule has 1 aromatic rings. The Labute approximate surface area is 106 Å². The first kappa shape index (κ1) is 15.1. The fourth-order valence-corrected chi connectivity index (χ4v) is 2.12. The molecule has 1 aromatic heterocycles. The summed E-state index contributed by atoms with van der Waals surface area (Å²) in [6, 6.07) is 0. The number of carbonyl (C=O) groups is 1. The molecule has 0 aliphatic carbocycles. The second-order valence-corrected chi connectivity index (χ2v) is 5.58. The molecule has 1 heterocycles. The number of sulfonamides is 1. The first-order valence-corrected chi connectivity index (χ1v) is 6.32. The largest absolute Gasteiger partial charge is 0.479 e. The average Bonchev–Trinajstić information content (AvgIpc) is 2.26. The van der Waals surface area contributed by atoms with E-state index in [0.717, 1.165) is 6.92 Å². The summed E-state index contributed by atoms with van der Waals surface area (Å²) in [6.45, 7) is 0.0399. The number of carboxylic acid groups (broad SMARTS) is 1. The third kappa shape index (κ3) is 3.49. The van der Waals surface area contributed by atoms with Gasteiger partial charge in [0.25, 0.3) is 5.56 Å². The van der Waals surface area contributed by atoms with E-state index in [4.69, 9.17) is 5.11 Å². The van der Waals surface area contributed by atoms with Crippen LogP contribution >= 0.6 is 0 Å². The molecule has 0 amide bonds. The average molecular weight is 293 g/mol. The van der Waals surface area contributed by atoms with Gasteiger partial charge in [0.15, 0.2) is 10.5 Å². The minimum atomic E-state index is -4.36. The van der Waals surface area contributed by atoms with E-state index in [9.17, 15) is 27.9 Å². The zero-order valence-corrected chi connectivity index (χ0v) is 10.4. The van der Waals surface area contributed by atoms with Gasteiger partial charge in [0.1, 0.15) is 0 Å². The predicted molar refractivity (Wildman–Crippen MR) is 61.1 cm³/mol. The number of rotatable bonds is 5. The Bertz CT molecular complexity index is 700. The lowest BCUT2D eigenvalue weighted by Gasteiger charge is -2.17. The number of aliphatic carboxylic acids is 1. The van der Waals surface area contributed by atoms with E-state index < -0.39 is 44.3 Å². The summed E-state index contributed by atoms with van der Waals surface area (Å²) >= 11 is 0. The molecule has 0 bridgehead atoms. The van der Waals surface area contributed by atoms with Gasteiger partial charge in [-0.2, -0.15) is 0 Å². The number of nitrogens with one attached hydrogen (secondary N) is 3. The first-order valence-electron chi connectivity index (χ1n) is 4.84. The number of aromatic nitrogens is 2. The van der Waals surface area contributed by atoms with Crippen LogP contribution < -0.4 is 16.0 Å². The minimum Gasteiger partial charge on any atom is -0.479 e. The highest BCUT2D eigenvalue weighted by molar-refractivity contribution is 7.89. The van der Waals surface area contributed by atoms with Crippen molar-refractivity contribution in [2.45, 2.75) is 17.4 Å². The molecule has 1 rings (SSSR count). The smallest absolute Gasteiger partial charge is 0.336 e. The monoisotopic (exact) mass is 293 g/mol. The van der Waals surface area contributed by atoms with Crippen LogP contribution in [0.4, 0.5) is 0 Å². The maximum atomic E-state index is 11.7. The number of hydrogen-bond donors (Lipinski definition) is 5. The highest BCUT2D eigenvalue weighted by Gasteiger charge is 2.32. The quantitative estimate of drug-likeness (QED) is 0.389. The van der Waals surface area contributed by atoms with Crippen molar-refractivity contribution in [2.75, 3.05) is 6.54 Å². The molecule has 10 nitrogen and oxygen atoms in total. The van der Waals surface area contributed by atoms with Crippen molar-refractivity contribution in [3.05, 3.63) is 27.0 Å². The molecule has 0 saturated carbocycles. The zero-order chi connectivity index (χ0) is 14.8. The van der Waals surface area contributed by atoms with Crippen molar-refractivity contribution in [3.63, 3.8) is 0 Å². The summed E-state index contributed by atoms with van der Waals surface area (Å²) in [5, 5.41) is 17.9. The van der Waals surface area contributed by atoms with Gasteiger partial charge >= 0.3 is 11.7 Å². The normalized spacial score (nSPS) is 14.8. The van der Waals surface area contributed by atoms with Crippen LogP contribution in [-0.2, 0) is 14.8 Å². The maximum Gasteiger partial charge on any atom is 0.336 e. The minimum absolute atomic E-state index is 0.666. The molecule has 11 heteroatoms. The summed E-state index contributed by atoms with van der Waals surface area (Å²) in [7, 11) is -4.36. The fraction of sp³-hybridized carbons (Fsp3) is 0.375. The summed E-state index contributed by atoms with van der Waals surface area (Å²) < 4.78 is 25.1. The van der Waals surface area contributed by atoms with Gasteiger partial charge in [-0.15, -0.1) is 0 Å². The highest BCUT2D eigenvalue weighted by atomic mass is 32.2. The van der Waals surface area contributed by atoms with Crippen LogP contribution in [0.5, 0.6) is 0 Å². The first-order chi connectivity index (χ1) is 8.56. The molecular weight excluding hydrogens is 282 g/mol. The van der Waals surface area contributed by atoms with E-state index in [1.165, 1.54) is 0 Å². The van der Waals surface area contributed by atoms with E-state index in [1.807, 2.05) is 4.98 Å². The van der Waals surface area contributed by atoms with Gasteiger partial charge in [0.2, 0.25) is 10.0 Å². The molecule has 0 aliphatic heterocycles. The zero-order valence-electron chi connectivity index (χ0n) is 9.63. The van der Waals surface area contributed by atoms with E-state index >= 15 is 0 Å². The van der Waals surface area contributed by atoms with E-state index in [0.29, 0.717) is 6.20 Å². The van der Waals surface area contributed by atoms with Gasteiger partial charge in [-0.05, 0) is 6.92 Å². The van der Waals surface area contributed by atoms with Crippen LogP contribution in [-0.4, -0.2) is 46.7 Å². The number of aliphatic hydroxyl groups is 1. The van der Waals surface area contributed by atoms with E-state index in [1.54, 1.807) is 9.71 Å². The summed E-state index contributed by atoms with van der Waals surface area (Å²) in [5.74, 6) is -1.63. The summed E-state index contributed by atoms with van der Waals surface area (Å²) in [5.41, 5.74) is -4.38. The van der Waals surface area contributed by atoms with Crippen LogP contribution in [0.25, 0.3) is 0 Å². The molecule has 0 aromatic carbocycles. The number of hydrogen-bond acceptors (Lipinski definition) is 6. The SMILES string of the molecule is CC(O)(CNS(=O)(=O)c1c[nH]c(=O)[nH]c1=O)C(=O)O. The Kier molecular flexibility index (Phi) is 3.93. The van der Waals surface area contributed by atoms with Gasteiger partial charge in [-0.25, -0.2) is 22.7 Å². The predicted octanol–water partition coefficient (Wildman–Crippen LogP) is -2.82. The Morgan fingerprint density at radius 1 is 1.47 bits per heavy atom. The molecule has 0 radical (unpaired) electrons. The Hall–Kier alpha value is -1.98. The lowest BCUT2D eigenvalue weighted by molar-refractivity contribution is -0.155. The Morgan fingerprint density at radius 3 is 2.53 bits per heavy atom. The van der Waals surface area contributed by atoms with Gasteiger partial charge in [0.05, 0.1) is 6.54 Å². The number of carboxylic acids is 1. The van der Waals surface area contributed by atoms with E-state index in [2.05, 4.69) is 0 Å². The third-order valence-electron chi connectivity index (χ3n) is 2.14. The lowest BCUT2D eigenvalue weighted by Crippen LogP contribution is -2.47. The van der Waals surface area contributed by atoms with Gasteiger partial charge in [-0.3, -0.25) is 9.78 Å². The standard InChI is InChI=1S/C8H11N3O7S/c1-8(16,6(13)14)3-10-19(17,18)4-2-9-7(15)11-5(4)12/h2,10,16H,3H2,1H3,(H,13,14)(H2,9,11,12,15).